The van der Waals surface area contributed by atoms with Gasteiger partial charge in [0.25, 0.3) is 0 Å². The van der Waals surface area contributed by atoms with Crippen LogP contribution < -0.4 is 5.73 Å². The summed E-state index contributed by atoms with van der Waals surface area (Å²) >= 11 is 3.51. The number of halogens is 1. The zero-order valence-electron chi connectivity index (χ0n) is 11.1. The molecular weight excluding hydrogens is 290 g/mol. The average Bonchev–Trinajstić information content (AvgIpc) is 2.69. The van der Waals surface area contributed by atoms with Crippen molar-refractivity contribution in [3.63, 3.8) is 0 Å². The first-order chi connectivity index (χ1) is 8.51. The Labute approximate surface area is 116 Å². The maximum absolute atomic E-state index is 5.87. The third-order valence-electron chi connectivity index (χ3n) is 3.19. The molecule has 0 fully saturated rings. The van der Waals surface area contributed by atoms with E-state index in [1.807, 2.05) is 0 Å². The lowest BCUT2D eigenvalue weighted by Gasteiger charge is -2.14. The summed E-state index contributed by atoms with van der Waals surface area (Å²) in [6, 6.07) is 4.16. The summed E-state index contributed by atoms with van der Waals surface area (Å²) in [5.41, 5.74) is 9.19. The third-order valence-corrected chi connectivity index (χ3v) is 3.65. The van der Waals surface area contributed by atoms with Crippen LogP contribution in [0.15, 0.2) is 16.6 Å². The van der Waals surface area contributed by atoms with Crippen LogP contribution in [0.5, 0.6) is 0 Å². The Morgan fingerprint density at radius 1 is 1.39 bits per heavy atom. The number of hydrogen-bond donors (Lipinski definition) is 2. The maximum atomic E-state index is 5.87. The number of aromatic amines is 1. The van der Waals surface area contributed by atoms with Crippen LogP contribution in [0.1, 0.15) is 37.6 Å². The fourth-order valence-corrected chi connectivity index (χ4v) is 2.92. The molecule has 1 atom stereocenters. The van der Waals surface area contributed by atoms with Crippen molar-refractivity contribution in [2.45, 2.75) is 33.1 Å². The molecule has 0 radical (unpaired) electrons. The number of nitrogens with one attached hydrogen (secondary N) is 1. The predicted molar refractivity (Wildman–Crippen MR) is 79.8 cm³/mol. The monoisotopic (exact) mass is 309 g/mol. The van der Waals surface area contributed by atoms with Gasteiger partial charge in [0, 0.05) is 16.9 Å². The Hall–Kier alpha value is -0.870. The highest BCUT2D eigenvalue weighted by Gasteiger charge is 2.16. The molecule has 3 N–H and O–H groups in total. The molecule has 1 aromatic heterocycles. The molecule has 0 bridgehead atoms. The van der Waals surface area contributed by atoms with E-state index in [4.69, 9.17) is 10.7 Å². The summed E-state index contributed by atoms with van der Waals surface area (Å²) < 4.78 is 1.08. The molecule has 1 aromatic carbocycles. The molecule has 2 aromatic rings. The minimum absolute atomic E-state index is 0.315. The highest BCUT2D eigenvalue weighted by Crippen LogP contribution is 2.26. The summed E-state index contributed by atoms with van der Waals surface area (Å²) in [5.74, 6) is 1.96. The van der Waals surface area contributed by atoms with Gasteiger partial charge in [-0.3, -0.25) is 0 Å². The predicted octanol–water partition coefficient (Wildman–Crippen LogP) is 3.72. The molecule has 3 nitrogen and oxygen atoms in total. The number of nitrogens with zero attached hydrogens (tertiary/aromatic N) is 1. The lowest BCUT2D eigenvalue weighted by Crippen LogP contribution is -2.15. The van der Waals surface area contributed by atoms with Crippen LogP contribution in [0.3, 0.4) is 0 Å². The van der Waals surface area contributed by atoms with E-state index in [1.54, 1.807) is 0 Å². The van der Waals surface area contributed by atoms with Crippen molar-refractivity contribution in [1.82, 2.24) is 9.97 Å². The van der Waals surface area contributed by atoms with Gasteiger partial charge in [0.2, 0.25) is 0 Å². The molecule has 98 valence electrons. The Morgan fingerprint density at radius 3 is 2.72 bits per heavy atom. The van der Waals surface area contributed by atoms with Gasteiger partial charge in [0.1, 0.15) is 5.82 Å². The largest absolute Gasteiger partial charge is 0.342 e. The van der Waals surface area contributed by atoms with Crippen LogP contribution in [0, 0.1) is 12.8 Å². The van der Waals surface area contributed by atoms with Crippen molar-refractivity contribution in [3.05, 3.63) is 28.0 Å². The minimum atomic E-state index is 0.315. The van der Waals surface area contributed by atoms with Crippen LogP contribution in [-0.2, 0) is 0 Å². The summed E-state index contributed by atoms with van der Waals surface area (Å²) in [7, 11) is 0. The minimum Gasteiger partial charge on any atom is -0.342 e. The molecular formula is C14H20BrN3. The molecule has 0 spiro atoms. The number of rotatable bonds is 4. The molecule has 1 heterocycles. The molecule has 0 amide bonds. The van der Waals surface area contributed by atoms with Crippen LogP contribution in [0.4, 0.5) is 0 Å². The molecule has 0 aliphatic heterocycles. The van der Waals surface area contributed by atoms with Gasteiger partial charge < -0.3 is 10.7 Å². The summed E-state index contributed by atoms with van der Waals surface area (Å²) in [4.78, 5) is 8.13. The number of fused-ring (bicyclic) bond motifs is 1. The Kier molecular flexibility index (Phi) is 4.07. The summed E-state index contributed by atoms with van der Waals surface area (Å²) in [6.45, 7) is 7.15. The standard InChI is InChI=1S/C14H20BrN3/c1-8(2)4-10(7-16)14-17-12-6-11(15)5-9(3)13(12)18-14/h5-6,8,10H,4,7,16H2,1-3H3,(H,17,18). The average molecular weight is 310 g/mol. The third kappa shape index (κ3) is 2.75. The first kappa shape index (κ1) is 13.6. The van der Waals surface area contributed by atoms with Gasteiger partial charge >= 0.3 is 0 Å². The van der Waals surface area contributed by atoms with E-state index in [2.05, 4.69) is 53.8 Å². The number of benzene rings is 1. The van der Waals surface area contributed by atoms with E-state index >= 15 is 0 Å². The number of hydrogen-bond acceptors (Lipinski definition) is 2. The second-order valence-corrected chi connectivity index (χ2v) is 6.22. The van der Waals surface area contributed by atoms with E-state index in [0.29, 0.717) is 18.4 Å². The number of imidazole rings is 1. The van der Waals surface area contributed by atoms with E-state index in [0.717, 1.165) is 27.8 Å². The lowest BCUT2D eigenvalue weighted by molar-refractivity contribution is 0.491. The van der Waals surface area contributed by atoms with Crippen LogP contribution in [-0.4, -0.2) is 16.5 Å². The molecule has 18 heavy (non-hydrogen) atoms. The number of H-pyrrole nitrogens is 1. The molecule has 1 unspecified atom stereocenters. The van der Waals surface area contributed by atoms with Crippen molar-refractivity contribution in [1.29, 1.82) is 0 Å². The van der Waals surface area contributed by atoms with E-state index in [-0.39, 0.29) is 0 Å². The molecule has 0 saturated carbocycles. The highest BCUT2D eigenvalue weighted by molar-refractivity contribution is 9.10. The lowest BCUT2D eigenvalue weighted by atomic mass is 9.97. The van der Waals surface area contributed by atoms with Gasteiger partial charge in [-0.05, 0) is 37.0 Å². The first-order valence-corrected chi connectivity index (χ1v) is 7.16. The van der Waals surface area contributed by atoms with E-state index < -0.39 is 0 Å². The van der Waals surface area contributed by atoms with Crippen molar-refractivity contribution in [3.8, 4) is 0 Å². The van der Waals surface area contributed by atoms with Crippen LogP contribution in [0.2, 0.25) is 0 Å². The first-order valence-electron chi connectivity index (χ1n) is 6.37. The Morgan fingerprint density at radius 2 is 2.11 bits per heavy atom. The maximum Gasteiger partial charge on any atom is 0.111 e. The zero-order chi connectivity index (χ0) is 13.3. The van der Waals surface area contributed by atoms with Gasteiger partial charge in [-0.1, -0.05) is 29.8 Å². The Balaban J connectivity index is 2.42. The quantitative estimate of drug-likeness (QED) is 0.904. The van der Waals surface area contributed by atoms with Crippen molar-refractivity contribution < 1.29 is 0 Å². The van der Waals surface area contributed by atoms with Crippen molar-refractivity contribution in [2.24, 2.45) is 11.7 Å². The molecule has 4 heteroatoms. The van der Waals surface area contributed by atoms with Crippen molar-refractivity contribution >= 4 is 27.0 Å². The summed E-state index contributed by atoms with van der Waals surface area (Å²) in [5, 5.41) is 0. The fourth-order valence-electron chi connectivity index (χ4n) is 2.35. The van der Waals surface area contributed by atoms with E-state index in [1.165, 1.54) is 5.56 Å². The topological polar surface area (TPSA) is 54.7 Å². The van der Waals surface area contributed by atoms with Gasteiger partial charge in [0.15, 0.2) is 0 Å². The number of aromatic nitrogens is 2. The highest BCUT2D eigenvalue weighted by atomic mass is 79.9. The van der Waals surface area contributed by atoms with Crippen LogP contribution in [0.25, 0.3) is 11.0 Å². The van der Waals surface area contributed by atoms with Gasteiger partial charge in [-0.15, -0.1) is 0 Å². The summed E-state index contributed by atoms with van der Waals surface area (Å²) in [6.07, 6.45) is 1.07. The second-order valence-electron chi connectivity index (χ2n) is 5.30. The normalized spacial score (nSPS) is 13.4. The van der Waals surface area contributed by atoms with Gasteiger partial charge in [0.05, 0.1) is 11.0 Å². The van der Waals surface area contributed by atoms with Gasteiger partial charge in [-0.2, -0.15) is 0 Å². The fraction of sp³-hybridized carbons (Fsp3) is 0.500. The van der Waals surface area contributed by atoms with Gasteiger partial charge in [-0.25, -0.2) is 4.98 Å². The SMILES string of the molecule is Cc1cc(Br)cc2[nH]c(C(CN)CC(C)C)nc12. The number of aryl methyl sites for hydroxylation is 1. The molecule has 0 aliphatic rings. The molecule has 0 saturated heterocycles. The second kappa shape index (κ2) is 5.41. The molecule has 0 aliphatic carbocycles. The zero-order valence-corrected chi connectivity index (χ0v) is 12.7. The van der Waals surface area contributed by atoms with E-state index in [9.17, 15) is 0 Å². The molecule has 2 rings (SSSR count). The number of nitrogens with two attached hydrogens (primary N) is 1. The van der Waals surface area contributed by atoms with Crippen LogP contribution >= 0.6 is 15.9 Å². The smallest absolute Gasteiger partial charge is 0.111 e. The van der Waals surface area contributed by atoms with Crippen molar-refractivity contribution in [2.75, 3.05) is 6.54 Å². The Bertz CT molecular complexity index is 545.